The average Bonchev–Trinajstić information content (AvgIpc) is 2.74. The molecule has 1 unspecified atom stereocenters. The molecule has 0 fully saturated rings. The van der Waals surface area contributed by atoms with Crippen molar-refractivity contribution in [3.8, 4) is 0 Å². The first kappa shape index (κ1) is 12.6. The minimum Gasteiger partial charge on any atom is -0.481 e. The van der Waals surface area contributed by atoms with E-state index < -0.39 is 17.9 Å². The number of carboxylic acids is 2. The van der Waals surface area contributed by atoms with Gasteiger partial charge in [-0.1, -0.05) is 18.2 Å². The van der Waals surface area contributed by atoms with Crippen LogP contribution in [0.5, 0.6) is 0 Å². The lowest BCUT2D eigenvalue weighted by Gasteiger charge is -2.11. The number of benzene rings is 1. The highest BCUT2D eigenvalue weighted by molar-refractivity contribution is 5.78. The first-order valence-electron chi connectivity index (χ1n) is 6.11. The van der Waals surface area contributed by atoms with Crippen LogP contribution in [-0.2, 0) is 28.9 Å². The van der Waals surface area contributed by atoms with Crippen molar-refractivity contribution < 1.29 is 19.8 Å². The van der Waals surface area contributed by atoms with Gasteiger partial charge in [0.25, 0.3) is 0 Å². The van der Waals surface area contributed by atoms with Crippen LogP contribution in [0.3, 0.4) is 0 Å². The summed E-state index contributed by atoms with van der Waals surface area (Å²) in [5.41, 5.74) is 3.54. The lowest BCUT2D eigenvalue weighted by Crippen LogP contribution is -2.20. The van der Waals surface area contributed by atoms with Gasteiger partial charge in [0.1, 0.15) is 0 Å². The van der Waals surface area contributed by atoms with Gasteiger partial charge in [-0.3, -0.25) is 9.59 Å². The predicted octanol–water partition coefficient (Wildman–Crippen LogP) is 1.89. The molecular weight excluding hydrogens is 232 g/mol. The third kappa shape index (κ3) is 2.88. The number of aryl methyl sites for hydroxylation is 2. The molecule has 1 aliphatic rings. The Morgan fingerprint density at radius 1 is 1.17 bits per heavy atom. The van der Waals surface area contributed by atoms with Gasteiger partial charge in [0.15, 0.2) is 0 Å². The molecule has 2 N–H and O–H groups in total. The smallest absolute Gasteiger partial charge is 0.307 e. The second kappa shape index (κ2) is 5.21. The van der Waals surface area contributed by atoms with E-state index in [1.807, 2.05) is 18.2 Å². The normalized spacial score (nSPS) is 15.1. The largest absolute Gasteiger partial charge is 0.481 e. The fourth-order valence-corrected chi connectivity index (χ4v) is 2.49. The molecule has 0 bridgehead atoms. The molecule has 0 heterocycles. The number of hydrogen-bond acceptors (Lipinski definition) is 2. The van der Waals surface area contributed by atoms with Crippen molar-refractivity contribution in [1.29, 1.82) is 0 Å². The fraction of sp³-hybridized carbons (Fsp3) is 0.429. The summed E-state index contributed by atoms with van der Waals surface area (Å²) in [7, 11) is 0. The molecule has 0 spiro atoms. The molecule has 1 aromatic rings. The van der Waals surface area contributed by atoms with Crippen LogP contribution in [0, 0.1) is 5.92 Å². The molecule has 1 atom stereocenters. The van der Waals surface area contributed by atoms with Crippen LogP contribution in [-0.4, -0.2) is 22.2 Å². The highest BCUT2D eigenvalue weighted by Gasteiger charge is 2.22. The second-order valence-corrected chi connectivity index (χ2v) is 4.79. The Bertz CT molecular complexity index is 479. The Kier molecular flexibility index (Phi) is 3.65. The summed E-state index contributed by atoms with van der Waals surface area (Å²) in [6.07, 6.45) is 3.24. The van der Waals surface area contributed by atoms with Crippen LogP contribution >= 0.6 is 0 Å². The number of rotatable bonds is 5. The van der Waals surface area contributed by atoms with Crippen LogP contribution in [0.1, 0.15) is 29.5 Å². The summed E-state index contributed by atoms with van der Waals surface area (Å²) in [4.78, 5) is 21.6. The predicted molar refractivity (Wildman–Crippen MR) is 65.5 cm³/mol. The van der Waals surface area contributed by atoms with Crippen molar-refractivity contribution in [3.63, 3.8) is 0 Å². The molecule has 0 amide bonds. The van der Waals surface area contributed by atoms with Crippen LogP contribution in [0.4, 0.5) is 0 Å². The monoisotopic (exact) mass is 248 g/mol. The SMILES string of the molecule is O=C(O)CC(Cc1ccc2c(c1)CCC2)C(=O)O. The molecule has 1 aromatic carbocycles. The van der Waals surface area contributed by atoms with Crippen molar-refractivity contribution >= 4 is 11.9 Å². The Hall–Kier alpha value is -1.84. The van der Waals surface area contributed by atoms with Gasteiger partial charge in [0, 0.05) is 0 Å². The van der Waals surface area contributed by atoms with E-state index in [-0.39, 0.29) is 12.8 Å². The van der Waals surface area contributed by atoms with Gasteiger partial charge in [-0.25, -0.2) is 0 Å². The van der Waals surface area contributed by atoms with E-state index in [0.717, 1.165) is 24.8 Å². The Labute approximate surface area is 105 Å². The highest BCUT2D eigenvalue weighted by atomic mass is 16.4. The number of carbonyl (C=O) groups is 2. The van der Waals surface area contributed by atoms with Crippen molar-refractivity contribution in [2.75, 3.05) is 0 Å². The summed E-state index contributed by atoms with van der Waals surface area (Å²) >= 11 is 0. The Morgan fingerprint density at radius 3 is 2.56 bits per heavy atom. The quantitative estimate of drug-likeness (QED) is 0.834. The zero-order chi connectivity index (χ0) is 13.1. The molecule has 0 saturated carbocycles. The summed E-state index contributed by atoms with van der Waals surface area (Å²) in [6, 6.07) is 5.99. The lowest BCUT2D eigenvalue weighted by atomic mass is 9.94. The van der Waals surface area contributed by atoms with Gasteiger partial charge in [0.2, 0.25) is 0 Å². The average molecular weight is 248 g/mol. The summed E-state index contributed by atoms with van der Waals surface area (Å²) in [6.45, 7) is 0. The van der Waals surface area contributed by atoms with Crippen LogP contribution in [0.15, 0.2) is 18.2 Å². The standard InChI is InChI=1S/C14H16O4/c15-13(16)8-12(14(17)18)7-9-4-5-10-2-1-3-11(10)6-9/h4-6,12H,1-3,7-8H2,(H,15,16)(H,17,18). The number of fused-ring (bicyclic) bond motifs is 1. The van der Waals surface area contributed by atoms with Crippen LogP contribution in [0.2, 0.25) is 0 Å². The molecule has 0 saturated heterocycles. The van der Waals surface area contributed by atoms with E-state index in [4.69, 9.17) is 10.2 Å². The van der Waals surface area contributed by atoms with Gasteiger partial charge in [-0.2, -0.15) is 0 Å². The van der Waals surface area contributed by atoms with E-state index in [1.54, 1.807) is 0 Å². The zero-order valence-electron chi connectivity index (χ0n) is 10.1. The van der Waals surface area contributed by atoms with E-state index in [9.17, 15) is 9.59 Å². The van der Waals surface area contributed by atoms with Crippen molar-refractivity contribution in [1.82, 2.24) is 0 Å². The number of carboxylic acid groups (broad SMARTS) is 2. The third-order valence-electron chi connectivity index (χ3n) is 3.42. The summed E-state index contributed by atoms with van der Waals surface area (Å²) in [5.74, 6) is -2.96. The summed E-state index contributed by atoms with van der Waals surface area (Å²) in [5, 5.41) is 17.7. The van der Waals surface area contributed by atoms with E-state index >= 15 is 0 Å². The fourth-order valence-electron chi connectivity index (χ4n) is 2.49. The summed E-state index contributed by atoms with van der Waals surface area (Å²) < 4.78 is 0. The maximum Gasteiger partial charge on any atom is 0.307 e. The highest BCUT2D eigenvalue weighted by Crippen LogP contribution is 2.24. The van der Waals surface area contributed by atoms with E-state index in [0.29, 0.717) is 0 Å². The lowest BCUT2D eigenvalue weighted by molar-refractivity contribution is -0.148. The van der Waals surface area contributed by atoms with Gasteiger partial charge in [-0.05, 0) is 42.4 Å². The first-order chi connectivity index (χ1) is 8.56. The number of hydrogen-bond donors (Lipinski definition) is 2. The van der Waals surface area contributed by atoms with Crippen LogP contribution < -0.4 is 0 Å². The molecule has 1 aliphatic carbocycles. The topological polar surface area (TPSA) is 74.6 Å². The van der Waals surface area contributed by atoms with Crippen LogP contribution in [0.25, 0.3) is 0 Å². The minimum atomic E-state index is -1.07. The molecule has 2 rings (SSSR count). The minimum absolute atomic E-state index is 0.287. The van der Waals surface area contributed by atoms with Gasteiger partial charge >= 0.3 is 11.9 Å². The maximum atomic E-state index is 11.0. The molecular formula is C14H16O4. The van der Waals surface area contributed by atoms with Crippen molar-refractivity contribution in [2.24, 2.45) is 5.92 Å². The molecule has 0 aliphatic heterocycles. The third-order valence-corrected chi connectivity index (χ3v) is 3.42. The van der Waals surface area contributed by atoms with Crippen molar-refractivity contribution in [3.05, 3.63) is 34.9 Å². The maximum absolute atomic E-state index is 11.0. The van der Waals surface area contributed by atoms with E-state index in [2.05, 4.69) is 0 Å². The molecule has 0 aromatic heterocycles. The molecule has 0 radical (unpaired) electrons. The number of aliphatic carboxylic acids is 2. The molecule has 4 nitrogen and oxygen atoms in total. The van der Waals surface area contributed by atoms with Gasteiger partial charge in [-0.15, -0.1) is 0 Å². The Balaban J connectivity index is 2.11. The zero-order valence-corrected chi connectivity index (χ0v) is 10.1. The molecule has 96 valence electrons. The molecule has 4 heteroatoms. The van der Waals surface area contributed by atoms with Gasteiger partial charge < -0.3 is 10.2 Å². The second-order valence-electron chi connectivity index (χ2n) is 4.79. The first-order valence-corrected chi connectivity index (χ1v) is 6.11. The van der Waals surface area contributed by atoms with E-state index in [1.165, 1.54) is 11.1 Å². The van der Waals surface area contributed by atoms with Crippen molar-refractivity contribution in [2.45, 2.75) is 32.1 Å². The molecule has 18 heavy (non-hydrogen) atoms. The van der Waals surface area contributed by atoms with Gasteiger partial charge in [0.05, 0.1) is 12.3 Å². The Morgan fingerprint density at radius 2 is 1.89 bits per heavy atom.